The fourth-order valence-corrected chi connectivity index (χ4v) is 6.02. The number of nitrogens with zero attached hydrogens (tertiary/aromatic N) is 4. The molecule has 0 saturated carbocycles. The molecule has 2 aromatic carbocycles. The summed E-state index contributed by atoms with van der Waals surface area (Å²) in [5.74, 6) is -0.603. The van der Waals surface area contributed by atoms with Crippen LogP contribution in [0.25, 0.3) is 22.5 Å². The molecule has 1 aliphatic rings. The molecule has 1 saturated heterocycles. The highest BCUT2D eigenvalue weighted by Crippen LogP contribution is 2.36. The molecule has 5 rings (SSSR count). The Balaban J connectivity index is 1.51. The summed E-state index contributed by atoms with van der Waals surface area (Å²) in [7, 11) is -1.74. The first-order valence-electron chi connectivity index (χ1n) is 12.4. The van der Waals surface area contributed by atoms with Gasteiger partial charge in [-0.05, 0) is 72.1 Å². The molecule has 3 heterocycles. The number of sulfonamides is 1. The van der Waals surface area contributed by atoms with Gasteiger partial charge in [0.25, 0.3) is 5.91 Å². The lowest BCUT2D eigenvalue weighted by Crippen LogP contribution is -2.27. The molecule has 0 radical (unpaired) electrons. The van der Waals surface area contributed by atoms with Crippen LogP contribution in [0.1, 0.15) is 33.8 Å². The monoisotopic (exact) mass is 567 g/mol. The van der Waals surface area contributed by atoms with E-state index in [0.29, 0.717) is 48.0 Å². The van der Waals surface area contributed by atoms with Crippen molar-refractivity contribution in [2.75, 3.05) is 26.4 Å². The summed E-state index contributed by atoms with van der Waals surface area (Å²) in [6, 6.07) is 15.1. The van der Waals surface area contributed by atoms with Gasteiger partial charge in [0, 0.05) is 60.2 Å². The molecule has 1 atom stereocenters. The molecule has 11 heteroatoms. The van der Waals surface area contributed by atoms with E-state index in [0.717, 1.165) is 22.3 Å². The Bertz CT molecular complexity index is 1640. The zero-order valence-corrected chi connectivity index (χ0v) is 23.0. The van der Waals surface area contributed by atoms with Crippen molar-refractivity contribution in [2.45, 2.75) is 18.9 Å². The smallest absolute Gasteiger partial charge is 0.251 e. The Morgan fingerprint density at radius 3 is 2.59 bits per heavy atom. The summed E-state index contributed by atoms with van der Waals surface area (Å²) >= 11 is 6.25. The van der Waals surface area contributed by atoms with E-state index in [1.54, 1.807) is 48.3 Å². The van der Waals surface area contributed by atoms with Gasteiger partial charge in [0.15, 0.2) is 0 Å². The van der Waals surface area contributed by atoms with Crippen LogP contribution in [0.3, 0.4) is 0 Å². The molecular weight excluding hydrogens is 541 g/mol. The maximum absolute atomic E-state index is 13.5. The van der Waals surface area contributed by atoms with Gasteiger partial charge in [-0.15, -0.1) is 0 Å². The molecule has 1 fully saturated rings. The number of carbonyl (C=O) groups excluding carboxylic acids is 1. The minimum Gasteiger partial charge on any atom is -0.355 e. The van der Waals surface area contributed by atoms with Crippen molar-refractivity contribution in [3.05, 3.63) is 94.5 Å². The van der Waals surface area contributed by atoms with E-state index in [9.17, 15) is 17.6 Å². The van der Waals surface area contributed by atoms with E-state index in [1.165, 1.54) is 22.7 Å². The highest BCUT2D eigenvalue weighted by atomic mass is 35.5. The van der Waals surface area contributed by atoms with E-state index in [-0.39, 0.29) is 17.6 Å². The predicted octanol–water partition coefficient (Wildman–Crippen LogP) is 4.56. The van der Waals surface area contributed by atoms with E-state index < -0.39 is 10.0 Å². The van der Waals surface area contributed by atoms with Crippen LogP contribution in [0.15, 0.2) is 67.0 Å². The largest absolute Gasteiger partial charge is 0.355 e. The number of hydrogen-bond acceptors (Lipinski definition) is 5. The standard InChI is InChI=1S/C28H27ClFN5O3S/c1-31-28(36)21-11-18(12-22(29)13-21)16-34-9-8-26(33-34)24-14-27(19-3-5-23(30)6-4-19)32-15-25(24)20-7-10-35(17-20)39(2,37)38/h3-6,8-9,11-15,20H,7,10,16-17H2,1-2H3,(H,31,36). The highest BCUT2D eigenvalue weighted by molar-refractivity contribution is 7.88. The van der Waals surface area contributed by atoms with Crippen molar-refractivity contribution in [3.63, 3.8) is 0 Å². The molecule has 0 aliphatic carbocycles. The second-order valence-corrected chi connectivity index (χ2v) is 12.0. The van der Waals surface area contributed by atoms with E-state index in [4.69, 9.17) is 16.7 Å². The van der Waals surface area contributed by atoms with Gasteiger partial charge in [-0.3, -0.25) is 14.5 Å². The topological polar surface area (TPSA) is 97.2 Å². The SMILES string of the molecule is CNC(=O)c1cc(Cl)cc(Cn2ccc(-c3cc(-c4ccc(F)cc4)ncc3C3CCN(S(C)(=O)=O)C3)n2)c1. The van der Waals surface area contributed by atoms with Gasteiger partial charge < -0.3 is 5.32 Å². The van der Waals surface area contributed by atoms with Crippen molar-refractivity contribution in [3.8, 4) is 22.5 Å². The van der Waals surface area contributed by atoms with Crippen LogP contribution in [0.4, 0.5) is 4.39 Å². The number of carbonyl (C=O) groups is 1. The third-order valence-corrected chi connectivity index (χ3v) is 8.33. The second kappa shape index (κ2) is 10.9. The van der Waals surface area contributed by atoms with Crippen LogP contribution >= 0.6 is 11.6 Å². The van der Waals surface area contributed by atoms with Crippen LogP contribution < -0.4 is 5.32 Å². The lowest BCUT2D eigenvalue weighted by molar-refractivity contribution is 0.0963. The maximum atomic E-state index is 13.5. The van der Waals surface area contributed by atoms with Gasteiger partial charge >= 0.3 is 0 Å². The Morgan fingerprint density at radius 2 is 1.90 bits per heavy atom. The first kappa shape index (κ1) is 27.0. The summed E-state index contributed by atoms with van der Waals surface area (Å²) in [5.41, 5.74) is 5.13. The van der Waals surface area contributed by atoms with Gasteiger partial charge in [0.2, 0.25) is 10.0 Å². The molecule has 1 N–H and O–H groups in total. The first-order chi connectivity index (χ1) is 18.6. The van der Waals surface area contributed by atoms with Crippen molar-refractivity contribution in [1.82, 2.24) is 24.4 Å². The zero-order valence-electron chi connectivity index (χ0n) is 21.4. The third-order valence-electron chi connectivity index (χ3n) is 6.84. The van der Waals surface area contributed by atoms with Gasteiger partial charge in [-0.1, -0.05) is 11.6 Å². The number of benzene rings is 2. The molecule has 0 bridgehead atoms. The predicted molar refractivity (Wildman–Crippen MR) is 149 cm³/mol. The van der Waals surface area contributed by atoms with Gasteiger partial charge in [-0.2, -0.15) is 5.10 Å². The number of pyridine rings is 1. The number of halogens is 2. The van der Waals surface area contributed by atoms with Crippen molar-refractivity contribution in [2.24, 2.45) is 0 Å². The molecular formula is C28H27ClFN5O3S. The van der Waals surface area contributed by atoms with Crippen LogP contribution in [0.2, 0.25) is 5.02 Å². The quantitative estimate of drug-likeness (QED) is 0.353. The minimum absolute atomic E-state index is 0.0438. The van der Waals surface area contributed by atoms with E-state index in [2.05, 4.69) is 10.3 Å². The third kappa shape index (κ3) is 6.03. The van der Waals surface area contributed by atoms with Gasteiger partial charge in [0.05, 0.1) is 24.2 Å². The van der Waals surface area contributed by atoms with Crippen molar-refractivity contribution >= 4 is 27.5 Å². The maximum Gasteiger partial charge on any atom is 0.251 e. The number of amides is 1. The minimum atomic E-state index is -3.30. The molecule has 1 unspecified atom stereocenters. The Hall–Kier alpha value is -3.60. The molecule has 202 valence electrons. The normalized spacial score (nSPS) is 15.9. The molecule has 2 aromatic heterocycles. The Morgan fingerprint density at radius 1 is 1.13 bits per heavy atom. The van der Waals surface area contributed by atoms with Crippen molar-refractivity contribution in [1.29, 1.82) is 0 Å². The fraction of sp³-hybridized carbons (Fsp3) is 0.250. The summed E-state index contributed by atoms with van der Waals surface area (Å²) in [4.78, 5) is 16.8. The molecule has 4 aromatic rings. The number of rotatable bonds is 7. The molecule has 1 aliphatic heterocycles. The Kier molecular flexibility index (Phi) is 7.53. The average Bonchev–Trinajstić information content (AvgIpc) is 3.58. The molecule has 1 amide bonds. The first-order valence-corrected chi connectivity index (χ1v) is 14.6. The van der Waals surface area contributed by atoms with Gasteiger partial charge in [-0.25, -0.2) is 17.1 Å². The summed E-state index contributed by atoms with van der Waals surface area (Å²) in [5, 5.41) is 7.86. The number of nitrogens with one attached hydrogen (secondary N) is 1. The van der Waals surface area contributed by atoms with Gasteiger partial charge in [0.1, 0.15) is 5.82 Å². The van der Waals surface area contributed by atoms with E-state index in [1.807, 2.05) is 18.3 Å². The summed E-state index contributed by atoms with van der Waals surface area (Å²) < 4.78 is 41.1. The average molecular weight is 568 g/mol. The van der Waals surface area contributed by atoms with E-state index >= 15 is 0 Å². The molecule has 0 spiro atoms. The van der Waals surface area contributed by atoms with Crippen LogP contribution in [0.5, 0.6) is 0 Å². The summed E-state index contributed by atoms with van der Waals surface area (Å²) in [6.45, 7) is 1.20. The van der Waals surface area contributed by atoms with Crippen LogP contribution in [-0.4, -0.2) is 59.8 Å². The summed E-state index contributed by atoms with van der Waals surface area (Å²) in [6.07, 6.45) is 5.51. The lowest BCUT2D eigenvalue weighted by atomic mass is 9.92. The van der Waals surface area contributed by atoms with Crippen LogP contribution in [0, 0.1) is 5.82 Å². The van der Waals surface area contributed by atoms with Crippen LogP contribution in [-0.2, 0) is 16.6 Å². The highest BCUT2D eigenvalue weighted by Gasteiger charge is 2.31. The fourth-order valence-electron chi connectivity index (χ4n) is 4.87. The number of hydrogen-bond donors (Lipinski definition) is 1. The molecule has 39 heavy (non-hydrogen) atoms. The van der Waals surface area contributed by atoms with Crippen molar-refractivity contribution < 1.29 is 17.6 Å². The Labute approximate surface area is 231 Å². The lowest BCUT2D eigenvalue weighted by Gasteiger charge is -2.17. The molecule has 8 nitrogen and oxygen atoms in total. The second-order valence-electron chi connectivity index (χ2n) is 9.60. The zero-order chi connectivity index (χ0) is 27.7. The number of aromatic nitrogens is 3.